The van der Waals surface area contributed by atoms with Crippen LogP contribution in [0.3, 0.4) is 0 Å². The molecule has 3 rings (SSSR count). The Hall–Kier alpha value is -2.14. The van der Waals surface area contributed by atoms with Crippen molar-refractivity contribution in [3.8, 4) is 5.75 Å². The van der Waals surface area contributed by atoms with Gasteiger partial charge in [-0.05, 0) is 77.2 Å². The molecule has 1 heterocycles. The topological polar surface area (TPSA) is 43.2 Å². The summed E-state index contributed by atoms with van der Waals surface area (Å²) in [4.78, 5) is 2.34. The predicted molar refractivity (Wildman–Crippen MR) is 114 cm³/mol. The summed E-state index contributed by atoms with van der Waals surface area (Å²) in [6.07, 6.45) is 9.35. The average molecular weight is 383 g/mol. The molecule has 1 aliphatic carbocycles. The lowest BCUT2D eigenvalue weighted by Crippen LogP contribution is -2.35. The maximum absolute atomic E-state index is 5.92. The summed E-state index contributed by atoms with van der Waals surface area (Å²) in [6, 6.07) is 8.64. The molecule has 5 nitrogen and oxygen atoms in total. The van der Waals surface area contributed by atoms with Crippen molar-refractivity contribution in [3.63, 3.8) is 0 Å². The zero-order valence-electron chi connectivity index (χ0n) is 17.9. The molecule has 1 aliphatic rings. The van der Waals surface area contributed by atoms with Gasteiger partial charge >= 0.3 is 0 Å². The Morgan fingerprint density at radius 2 is 1.96 bits per heavy atom. The minimum atomic E-state index is 0.451. The van der Waals surface area contributed by atoms with E-state index in [1.807, 2.05) is 18.2 Å². The third kappa shape index (κ3) is 4.82. The Morgan fingerprint density at radius 1 is 1.21 bits per heavy atom. The summed E-state index contributed by atoms with van der Waals surface area (Å²) >= 11 is 0. The number of benzene rings is 1. The second-order valence-corrected chi connectivity index (χ2v) is 8.23. The first-order valence-electron chi connectivity index (χ1n) is 10.4. The van der Waals surface area contributed by atoms with Gasteiger partial charge in [0.2, 0.25) is 0 Å². The molecule has 0 spiro atoms. The molecule has 1 atom stereocenters. The lowest BCUT2D eigenvalue weighted by molar-refractivity contribution is 0.195. The van der Waals surface area contributed by atoms with E-state index in [9.17, 15) is 0 Å². The van der Waals surface area contributed by atoms with Crippen LogP contribution in [0.15, 0.2) is 36.4 Å². The number of hydrogen-bond acceptors (Lipinski definition) is 4. The van der Waals surface area contributed by atoms with Crippen molar-refractivity contribution in [1.29, 1.82) is 0 Å². The van der Waals surface area contributed by atoms with E-state index < -0.39 is 0 Å². The van der Waals surface area contributed by atoms with Gasteiger partial charge in [0.1, 0.15) is 18.2 Å². The van der Waals surface area contributed by atoms with Gasteiger partial charge in [0.05, 0.1) is 0 Å². The lowest BCUT2D eigenvalue weighted by atomic mass is 9.77. The first-order chi connectivity index (χ1) is 13.5. The highest BCUT2D eigenvalue weighted by Gasteiger charge is 2.30. The van der Waals surface area contributed by atoms with Gasteiger partial charge in [-0.25, -0.2) is 0 Å². The molecule has 0 N–H and O–H groups in total. The van der Waals surface area contributed by atoms with E-state index >= 15 is 0 Å². The maximum Gasteiger partial charge on any atom is 0.170 e. The summed E-state index contributed by atoms with van der Waals surface area (Å²) in [5.74, 6) is 4.09. The Morgan fingerprint density at radius 3 is 2.61 bits per heavy atom. The van der Waals surface area contributed by atoms with E-state index in [1.54, 1.807) is 0 Å². The highest BCUT2D eigenvalue weighted by atomic mass is 16.5. The molecule has 0 saturated heterocycles. The minimum Gasteiger partial charge on any atom is -0.486 e. The summed E-state index contributed by atoms with van der Waals surface area (Å²) < 4.78 is 8.05. The van der Waals surface area contributed by atoms with E-state index in [0.717, 1.165) is 23.3 Å². The second-order valence-electron chi connectivity index (χ2n) is 8.23. The quantitative estimate of drug-likeness (QED) is 0.662. The highest BCUT2D eigenvalue weighted by Crippen LogP contribution is 2.37. The second kappa shape index (κ2) is 9.37. The van der Waals surface area contributed by atoms with Crippen molar-refractivity contribution >= 4 is 0 Å². The van der Waals surface area contributed by atoms with E-state index in [1.165, 1.54) is 31.2 Å². The summed E-state index contributed by atoms with van der Waals surface area (Å²) in [7, 11) is 6.43. The normalized spacial score (nSPS) is 21.4. The molecule has 152 valence electrons. The fourth-order valence-corrected chi connectivity index (χ4v) is 4.38. The lowest BCUT2D eigenvalue weighted by Gasteiger charge is -2.35. The van der Waals surface area contributed by atoms with Gasteiger partial charge in [-0.2, -0.15) is 0 Å². The Labute approximate surface area is 169 Å². The molecule has 0 bridgehead atoms. The predicted octanol–water partition coefficient (Wildman–Crippen LogP) is 4.48. The number of rotatable bonds is 7. The van der Waals surface area contributed by atoms with E-state index in [0.29, 0.717) is 18.6 Å². The fourth-order valence-electron chi connectivity index (χ4n) is 4.38. The van der Waals surface area contributed by atoms with Crippen molar-refractivity contribution in [1.82, 2.24) is 19.7 Å². The zero-order valence-corrected chi connectivity index (χ0v) is 17.9. The maximum atomic E-state index is 5.92. The van der Waals surface area contributed by atoms with Gasteiger partial charge in [0.15, 0.2) is 5.82 Å². The summed E-state index contributed by atoms with van der Waals surface area (Å²) in [5.41, 5.74) is 1.20. The third-order valence-electron chi connectivity index (χ3n) is 5.96. The molecule has 0 amide bonds. The standard InChI is InChI=1S/C23H34N4O/c1-6-8-21(26(3)4)18-11-13-19(14-12-18)23-25-24-22(27(23)5)16-28-20-10-7-9-17(2)15-20/h6-10,15,18-19,21H,11-14,16H2,1-5H3/b8-6+. The van der Waals surface area contributed by atoms with Gasteiger partial charge in [-0.3, -0.25) is 0 Å². The number of allylic oxidation sites excluding steroid dienone is 1. The molecule has 5 heteroatoms. The Kier molecular flexibility index (Phi) is 6.89. The van der Waals surface area contributed by atoms with E-state index in [2.05, 4.69) is 72.9 Å². The van der Waals surface area contributed by atoms with Crippen LogP contribution in [0.2, 0.25) is 0 Å². The van der Waals surface area contributed by atoms with Crippen LogP contribution in [0.5, 0.6) is 5.75 Å². The number of hydrogen-bond donors (Lipinski definition) is 0. The minimum absolute atomic E-state index is 0.451. The SMILES string of the molecule is C/C=C/C(C1CCC(c2nnc(COc3cccc(C)c3)n2C)CC1)N(C)C. The molecule has 1 fully saturated rings. The summed E-state index contributed by atoms with van der Waals surface area (Å²) in [5, 5.41) is 8.93. The van der Waals surface area contributed by atoms with Crippen molar-refractivity contribution < 1.29 is 4.74 Å². The molecule has 0 aliphatic heterocycles. The van der Waals surface area contributed by atoms with Crippen molar-refractivity contribution in [2.45, 2.75) is 58.1 Å². The molecular weight excluding hydrogens is 348 g/mol. The third-order valence-corrected chi connectivity index (χ3v) is 5.96. The van der Waals surface area contributed by atoms with Crippen molar-refractivity contribution in [2.75, 3.05) is 14.1 Å². The number of aryl methyl sites for hydroxylation is 1. The molecule has 1 aromatic heterocycles. The molecule has 28 heavy (non-hydrogen) atoms. The van der Waals surface area contributed by atoms with Crippen LogP contribution in [0, 0.1) is 12.8 Å². The number of ether oxygens (including phenoxy) is 1. The zero-order chi connectivity index (χ0) is 20.1. The van der Waals surface area contributed by atoms with Crippen LogP contribution in [0.4, 0.5) is 0 Å². The first kappa shape index (κ1) is 20.6. The number of aromatic nitrogens is 3. The summed E-state index contributed by atoms with van der Waals surface area (Å²) in [6.45, 7) is 4.63. The largest absolute Gasteiger partial charge is 0.486 e. The molecule has 0 radical (unpaired) electrons. The number of nitrogens with zero attached hydrogens (tertiary/aromatic N) is 4. The number of likely N-dealkylation sites (N-methyl/N-ethyl adjacent to an activating group) is 1. The van der Waals surface area contributed by atoms with Gasteiger partial charge in [-0.1, -0.05) is 24.3 Å². The van der Waals surface area contributed by atoms with Gasteiger partial charge in [0.25, 0.3) is 0 Å². The first-order valence-corrected chi connectivity index (χ1v) is 10.4. The van der Waals surface area contributed by atoms with Crippen molar-refractivity contribution in [2.24, 2.45) is 13.0 Å². The smallest absolute Gasteiger partial charge is 0.170 e. The van der Waals surface area contributed by atoms with E-state index in [4.69, 9.17) is 4.74 Å². The monoisotopic (exact) mass is 382 g/mol. The Bertz CT molecular complexity index is 788. The molecular formula is C23H34N4O. The van der Waals surface area contributed by atoms with Gasteiger partial charge in [0, 0.05) is 19.0 Å². The fraction of sp³-hybridized carbons (Fsp3) is 0.565. The van der Waals surface area contributed by atoms with Gasteiger partial charge < -0.3 is 14.2 Å². The van der Waals surface area contributed by atoms with Crippen LogP contribution < -0.4 is 4.74 Å². The van der Waals surface area contributed by atoms with Crippen LogP contribution >= 0.6 is 0 Å². The molecule has 1 unspecified atom stereocenters. The van der Waals surface area contributed by atoms with Crippen LogP contribution in [0.1, 0.15) is 55.7 Å². The Balaban J connectivity index is 1.60. The molecule has 2 aromatic rings. The molecule has 1 saturated carbocycles. The van der Waals surface area contributed by atoms with Crippen LogP contribution in [0.25, 0.3) is 0 Å². The van der Waals surface area contributed by atoms with Crippen LogP contribution in [-0.4, -0.2) is 39.8 Å². The van der Waals surface area contributed by atoms with Crippen LogP contribution in [-0.2, 0) is 13.7 Å². The van der Waals surface area contributed by atoms with E-state index in [-0.39, 0.29) is 0 Å². The highest BCUT2D eigenvalue weighted by molar-refractivity contribution is 5.27. The average Bonchev–Trinajstić information content (AvgIpc) is 3.05. The van der Waals surface area contributed by atoms with Gasteiger partial charge in [-0.15, -0.1) is 10.2 Å². The molecule has 1 aromatic carbocycles. The van der Waals surface area contributed by atoms with Crippen molar-refractivity contribution in [3.05, 3.63) is 53.6 Å².